The normalized spacial score (nSPS) is 14.4. The summed E-state index contributed by atoms with van der Waals surface area (Å²) < 4.78 is 11.1. The molecule has 0 saturated heterocycles. The lowest BCUT2D eigenvalue weighted by Gasteiger charge is -2.25. The minimum atomic E-state index is -0.722. The van der Waals surface area contributed by atoms with Crippen molar-refractivity contribution in [3.05, 3.63) is 130 Å². The number of rotatable bonds is 13. The van der Waals surface area contributed by atoms with Crippen LogP contribution in [0.3, 0.4) is 0 Å². The van der Waals surface area contributed by atoms with Crippen LogP contribution in [0.25, 0.3) is 0 Å². The molecule has 10 nitrogen and oxygen atoms in total. The van der Waals surface area contributed by atoms with E-state index in [0.717, 1.165) is 34.2 Å². The molecule has 2 unspecified atom stereocenters. The van der Waals surface area contributed by atoms with Crippen molar-refractivity contribution in [1.82, 2.24) is 5.32 Å². The van der Waals surface area contributed by atoms with Crippen molar-refractivity contribution in [2.75, 3.05) is 12.4 Å². The van der Waals surface area contributed by atoms with E-state index >= 15 is 0 Å². The number of fused-ring (bicyclic) bond motifs is 1. The Morgan fingerprint density at radius 1 is 1.02 bits per heavy atom. The Hall–Kier alpha value is -6.10. The SMILES string of the molecule is C#CCC/C(O)=C(\C#N)C(=O)Nc1ccc(CCCC(=O)NCc2ccc(C3C(=C)C(C)OCc4cc(O)ccc43)c(C(=O)OC)c2)cc1.C/C=C\CC.CC.CC. The molecule has 10 heteroatoms. The molecular formula is C48H61N3O7. The van der Waals surface area contributed by atoms with Gasteiger partial charge in [0.2, 0.25) is 5.91 Å². The molecule has 0 aromatic heterocycles. The standard InChI is InChI=1S/C39H39N3O7.C5H10.2C2H6/c1-5-6-9-35(44)34(21-40)38(46)42-29-14-11-26(12-15-29)8-7-10-36(45)41-22-27-13-17-32(33(19-27)39(47)48-4)37-24(2)25(3)49-23-28-20-30(43)16-18-31(28)37;1-3-5-4-2;2*1-2/h1,11-20,25,37,43-44H,2,6-10,22-23H2,3-4H3,(H,41,45)(H,42,46);3,5H,4H2,1-2H3;2*1-2H3/b35-34-;5-3-;;. The summed E-state index contributed by atoms with van der Waals surface area (Å²) in [5.74, 6) is 0.364. The molecule has 0 radical (unpaired) electrons. The van der Waals surface area contributed by atoms with E-state index in [1.807, 2.05) is 71.9 Å². The van der Waals surface area contributed by atoms with Gasteiger partial charge < -0.3 is 30.3 Å². The number of nitrogens with zero attached hydrogens (tertiary/aromatic N) is 1. The Kier molecular flexibility index (Phi) is 23.7. The van der Waals surface area contributed by atoms with Crippen LogP contribution < -0.4 is 10.6 Å². The molecule has 58 heavy (non-hydrogen) atoms. The van der Waals surface area contributed by atoms with Crippen LogP contribution in [0.15, 0.2) is 96.3 Å². The predicted molar refractivity (Wildman–Crippen MR) is 232 cm³/mol. The quantitative estimate of drug-likeness (QED) is 0.0333. The van der Waals surface area contributed by atoms with Crippen LogP contribution in [-0.2, 0) is 38.6 Å². The monoisotopic (exact) mass is 791 g/mol. The van der Waals surface area contributed by atoms with Crippen molar-refractivity contribution in [1.29, 1.82) is 5.26 Å². The van der Waals surface area contributed by atoms with Crippen molar-refractivity contribution in [3.8, 4) is 24.2 Å². The highest BCUT2D eigenvalue weighted by atomic mass is 16.5. The van der Waals surface area contributed by atoms with Crippen molar-refractivity contribution >= 4 is 23.5 Å². The number of benzene rings is 3. The van der Waals surface area contributed by atoms with E-state index in [1.54, 1.807) is 36.4 Å². The maximum atomic E-state index is 13.0. The number of aliphatic hydroxyl groups excluding tert-OH is 1. The number of ether oxygens (including phenoxy) is 2. The van der Waals surface area contributed by atoms with Gasteiger partial charge in [-0.15, -0.1) is 12.3 Å². The van der Waals surface area contributed by atoms with Crippen molar-refractivity contribution in [3.63, 3.8) is 0 Å². The van der Waals surface area contributed by atoms with Gasteiger partial charge >= 0.3 is 5.97 Å². The zero-order chi connectivity index (χ0) is 43.6. The molecule has 0 aliphatic carbocycles. The number of amides is 2. The molecule has 1 aliphatic rings. The lowest BCUT2D eigenvalue weighted by atomic mass is 9.79. The van der Waals surface area contributed by atoms with Gasteiger partial charge in [-0.2, -0.15) is 5.26 Å². The number of methoxy groups -OCH3 is 1. The Labute approximate surface area is 345 Å². The van der Waals surface area contributed by atoms with E-state index in [9.17, 15) is 29.9 Å². The number of nitriles is 1. The molecule has 0 fully saturated rings. The number of hydrogen-bond donors (Lipinski definition) is 4. The number of carbonyl (C=O) groups is 3. The highest BCUT2D eigenvalue weighted by Gasteiger charge is 2.31. The van der Waals surface area contributed by atoms with Gasteiger partial charge in [-0.25, -0.2) is 4.79 Å². The third-order valence-corrected chi connectivity index (χ3v) is 8.83. The lowest BCUT2D eigenvalue weighted by molar-refractivity contribution is -0.121. The smallest absolute Gasteiger partial charge is 0.338 e. The minimum Gasteiger partial charge on any atom is -0.511 e. The molecule has 0 bridgehead atoms. The first-order valence-electron chi connectivity index (χ1n) is 19.8. The Bertz CT molecular complexity index is 1950. The molecule has 0 saturated carbocycles. The average molecular weight is 792 g/mol. The Morgan fingerprint density at radius 2 is 1.67 bits per heavy atom. The van der Waals surface area contributed by atoms with Crippen LogP contribution in [0.4, 0.5) is 5.69 Å². The van der Waals surface area contributed by atoms with Crippen molar-refractivity contribution in [2.45, 2.75) is 112 Å². The summed E-state index contributed by atoms with van der Waals surface area (Å²) in [6, 6.07) is 19.2. The summed E-state index contributed by atoms with van der Waals surface area (Å²) in [6.45, 7) is 18.9. The number of aliphatic hydroxyl groups is 1. The number of nitrogens with one attached hydrogen (secondary N) is 2. The highest BCUT2D eigenvalue weighted by molar-refractivity contribution is 6.06. The van der Waals surface area contributed by atoms with E-state index in [1.165, 1.54) is 7.11 Å². The number of carbonyl (C=O) groups excluding carboxylic acids is 3. The summed E-state index contributed by atoms with van der Waals surface area (Å²) in [6.07, 6.45) is 11.9. The third kappa shape index (κ3) is 15.4. The number of anilines is 1. The molecule has 4 N–H and O–H groups in total. The van der Waals surface area contributed by atoms with Gasteiger partial charge in [-0.1, -0.05) is 83.7 Å². The molecule has 1 aliphatic heterocycles. The minimum absolute atomic E-state index is 0.0371. The van der Waals surface area contributed by atoms with Gasteiger partial charge in [0.25, 0.3) is 5.91 Å². The Morgan fingerprint density at radius 3 is 2.26 bits per heavy atom. The molecule has 3 aromatic carbocycles. The molecular weight excluding hydrogens is 731 g/mol. The second kappa shape index (κ2) is 27.5. The maximum absolute atomic E-state index is 13.0. The summed E-state index contributed by atoms with van der Waals surface area (Å²) in [4.78, 5) is 38.1. The molecule has 1 heterocycles. The third-order valence-electron chi connectivity index (χ3n) is 8.83. The first-order valence-corrected chi connectivity index (χ1v) is 19.8. The van der Waals surface area contributed by atoms with Crippen molar-refractivity contribution < 1.29 is 34.1 Å². The number of phenols is 1. The predicted octanol–water partition coefficient (Wildman–Crippen LogP) is 10.1. The molecule has 2 amide bonds. The van der Waals surface area contributed by atoms with Crippen LogP contribution in [0.5, 0.6) is 5.75 Å². The fourth-order valence-corrected chi connectivity index (χ4v) is 5.86. The van der Waals surface area contributed by atoms with Crippen molar-refractivity contribution in [2.24, 2.45) is 0 Å². The van der Waals surface area contributed by atoms with E-state index in [4.69, 9.17) is 15.9 Å². The van der Waals surface area contributed by atoms with Crippen LogP contribution in [0.2, 0.25) is 0 Å². The van der Waals surface area contributed by atoms with E-state index in [2.05, 4.69) is 42.2 Å². The molecule has 310 valence electrons. The zero-order valence-electron chi connectivity index (χ0n) is 35.4. The van der Waals surface area contributed by atoms with Gasteiger partial charge in [-0.05, 0) is 96.8 Å². The summed E-state index contributed by atoms with van der Waals surface area (Å²) >= 11 is 0. The van der Waals surface area contributed by atoms with Gasteiger partial charge in [-0.3, -0.25) is 9.59 Å². The van der Waals surface area contributed by atoms with Gasteiger partial charge in [0, 0.05) is 37.4 Å². The van der Waals surface area contributed by atoms with E-state index < -0.39 is 11.9 Å². The highest BCUT2D eigenvalue weighted by Crippen LogP contribution is 2.41. The summed E-state index contributed by atoms with van der Waals surface area (Å²) in [7, 11) is 1.32. The van der Waals surface area contributed by atoms with E-state index in [-0.39, 0.29) is 60.8 Å². The summed E-state index contributed by atoms with van der Waals surface area (Å²) in [5.41, 5.74) is 5.26. The number of aromatic hydroxyl groups is 1. The topological polar surface area (TPSA) is 158 Å². The van der Waals surface area contributed by atoms with E-state index in [0.29, 0.717) is 36.3 Å². The fourth-order valence-electron chi connectivity index (χ4n) is 5.86. The molecule has 4 rings (SSSR count). The van der Waals surface area contributed by atoms with Gasteiger partial charge in [0.15, 0.2) is 5.57 Å². The van der Waals surface area contributed by atoms with Gasteiger partial charge in [0.05, 0.1) is 25.4 Å². The Balaban J connectivity index is 0.00000171. The lowest BCUT2D eigenvalue weighted by Crippen LogP contribution is -2.23. The fraction of sp³-hybridized carbons (Fsp3) is 0.375. The first-order chi connectivity index (χ1) is 28.0. The molecule has 3 aromatic rings. The number of phenolic OH excluding ortho intramolecular Hbond substituents is 1. The zero-order valence-corrected chi connectivity index (χ0v) is 35.4. The number of terminal acetylenes is 1. The second-order valence-electron chi connectivity index (χ2n) is 12.7. The van der Waals surface area contributed by atoms with Crippen LogP contribution in [0, 0.1) is 23.7 Å². The first kappa shape index (κ1) is 49.9. The second-order valence-corrected chi connectivity index (χ2v) is 12.7. The maximum Gasteiger partial charge on any atom is 0.338 e. The van der Waals surface area contributed by atoms with Gasteiger partial charge in [0.1, 0.15) is 17.6 Å². The largest absolute Gasteiger partial charge is 0.511 e. The number of hydrogen-bond acceptors (Lipinski definition) is 8. The number of aryl methyl sites for hydroxylation is 1. The van der Waals surface area contributed by atoms with Crippen LogP contribution >= 0.6 is 0 Å². The molecule has 0 spiro atoms. The van der Waals surface area contributed by atoms with Crippen LogP contribution in [0.1, 0.15) is 125 Å². The summed E-state index contributed by atoms with van der Waals surface area (Å²) in [5, 5.41) is 34.8. The van der Waals surface area contributed by atoms with Crippen LogP contribution in [-0.4, -0.2) is 41.2 Å². The number of esters is 1. The molecule has 2 atom stereocenters. The number of allylic oxidation sites excluding steroid dienone is 3. The average Bonchev–Trinajstić information content (AvgIpc) is 3.36.